The molecule has 2 heterocycles. The van der Waals surface area contributed by atoms with Crippen LogP contribution in [0.3, 0.4) is 0 Å². The van der Waals surface area contributed by atoms with Crippen molar-refractivity contribution in [3.63, 3.8) is 0 Å². The third kappa shape index (κ3) is 3.39. The fourth-order valence-corrected chi connectivity index (χ4v) is 3.03. The van der Waals surface area contributed by atoms with Crippen LogP contribution in [0.2, 0.25) is 0 Å². The van der Waals surface area contributed by atoms with Crippen molar-refractivity contribution in [1.82, 2.24) is 10.2 Å². The van der Waals surface area contributed by atoms with Crippen LogP contribution in [0.5, 0.6) is 0 Å². The number of hydrogen-bond donors (Lipinski definition) is 1. The van der Waals surface area contributed by atoms with Crippen LogP contribution in [0, 0.1) is 0 Å². The molecule has 96 valence electrons. The normalized spacial score (nSPS) is 31.1. The van der Waals surface area contributed by atoms with Gasteiger partial charge in [0.15, 0.2) is 5.78 Å². The molecule has 2 rings (SSSR count). The number of piperidine rings is 2. The zero-order valence-electron chi connectivity index (χ0n) is 10.7. The summed E-state index contributed by atoms with van der Waals surface area (Å²) in [5.74, 6) is 0.209. The summed E-state index contributed by atoms with van der Waals surface area (Å²) in [4.78, 5) is 14.2. The average Bonchev–Trinajstić information content (AvgIpc) is 2.40. The van der Waals surface area contributed by atoms with Crippen LogP contribution in [0.25, 0.3) is 0 Å². The van der Waals surface area contributed by atoms with E-state index in [4.69, 9.17) is 0 Å². The van der Waals surface area contributed by atoms with E-state index in [-0.39, 0.29) is 11.8 Å². The molecule has 0 aromatic carbocycles. The van der Waals surface area contributed by atoms with Gasteiger partial charge in [0.2, 0.25) is 0 Å². The molecule has 1 N–H and O–H groups in total. The molecule has 2 fully saturated rings. The van der Waals surface area contributed by atoms with Crippen molar-refractivity contribution in [2.24, 2.45) is 0 Å². The first-order valence-corrected chi connectivity index (χ1v) is 6.95. The van der Waals surface area contributed by atoms with Crippen molar-refractivity contribution in [2.75, 3.05) is 19.6 Å². The molecule has 0 spiro atoms. The van der Waals surface area contributed by atoms with Gasteiger partial charge in [-0.15, -0.1) is 0 Å². The lowest BCUT2D eigenvalue weighted by molar-refractivity contribution is -0.120. The van der Waals surface area contributed by atoms with Crippen LogP contribution in [0.15, 0.2) is 12.7 Å². The van der Waals surface area contributed by atoms with E-state index in [2.05, 4.69) is 16.8 Å². The Balaban J connectivity index is 1.91. The Kier molecular flexibility index (Phi) is 4.75. The van der Waals surface area contributed by atoms with E-state index in [1.54, 1.807) is 0 Å². The molecule has 0 aromatic rings. The molecule has 2 saturated heterocycles. The molecule has 2 unspecified atom stereocenters. The number of nitrogens with one attached hydrogen (secondary N) is 1. The number of carbonyl (C=O) groups excluding carboxylic acids is 1. The van der Waals surface area contributed by atoms with E-state index in [0.29, 0.717) is 6.04 Å². The second-order valence-electron chi connectivity index (χ2n) is 5.26. The van der Waals surface area contributed by atoms with Crippen LogP contribution in [-0.2, 0) is 4.79 Å². The van der Waals surface area contributed by atoms with Gasteiger partial charge in [-0.2, -0.15) is 0 Å². The minimum absolute atomic E-state index is 0.102. The van der Waals surface area contributed by atoms with Gasteiger partial charge in [-0.1, -0.05) is 19.4 Å². The van der Waals surface area contributed by atoms with Crippen LogP contribution in [-0.4, -0.2) is 42.4 Å². The van der Waals surface area contributed by atoms with Crippen molar-refractivity contribution in [3.8, 4) is 0 Å². The molecule has 0 aliphatic carbocycles. The maximum Gasteiger partial charge on any atom is 0.172 e. The van der Waals surface area contributed by atoms with Gasteiger partial charge in [-0.25, -0.2) is 0 Å². The molecule has 2 aliphatic rings. The predicted octanol–water partition coefficient (Wildman–Crippen LogP) is 1.74. The Bertz CT molecular complexity index is 271. The van der Waals surface area contributed by atoms with Crippen molar-refractivity contribution < 1.29 is 4.79 Å². The maximum absolute atomic E-state index is 11.8. The van der Waals surface area contributed by atoms with E-state index < -0.39 is 0 Å². The second-order valence-corrected chi connectivity index (χ2v) is 5.26. The summed E-state index contributed by atoms with van der Waals surface area (Å²) in [7, 11) is 0. The monoisotopic (exact) mass is 236 g/mol. The van der Waals surface area contributed by atoms with Crippen molar-refractivity contribution in [1.29, 1.82) is 0 Å². The molecular weight excluding hydrogens is 212 g/mol. The summed E-state index contributed by atoms with van der Waals surface area (Å²) in [6, 6.07) is 0.687. The molecule has 0 saturated carbocycles. The molecule has 0 radical (unpaired) electrons. The van der Waals surface area contributed by atoms with Gasteiger partial charge in [0.25, 0.3) is 0 Å². The molecule has 17 heavy (non-hydrogen) atoms. The van der Waals surface area contributed by atoms with Crippen LogP contribution in [0.1, 0.15) is 38.5 Å². The molecule has 0 bridgehead atoms. The van der Waals surface area contributed by atoms with Crippen LogP contribution in [0.4, 0.5) is 0 Å². The zero-order valence-corrected chi connectivity index (χ0v) is 10.7. The van der Waals surface area contributed by atoms with Gasteiger partial charge in [-0.05, 0) is 44.8 Å². The molecule has 0 amide bonds. The summed E-state index contributed by atoms with van der Waals surface area (Å²) in [6.07, 6.45) is 8.80. The molecule has 3 heteroatoms. The fourth-order valence-electron chi connectivity index (χ4n) is 3.03. The topological polar surface area (TPSA) is 32.3 Å². The van der Waals surface area contributed by atoms with E-state index in [1.807, 2.05) is 0 Å². The summed E-state index contributed by atoms with van der Waals surface area (Å²) in [6.45, 7) is 6.87. The number of likely N-dealkylation sites (tertiary alicyclic amines) is 1. The minimum atomic E-state index is 0.102. The van der Waals surface area contributed by atoms with E-state index in [0.717, 1.165) is 26.1 Å². The maximum atomic E-state index is 11.8. The number of nitrogens with zero attached hydrogens (tertiary/aromatic N) is 1. The highest BCUT2D eigenvalue weighted by Crippen LogP contribution is 2.20. The smallest absolute Gasteiger partial charge is 0.172 e. The predicted molar refractivity (Wildman–Crippen MR) is 70.1 cm³/mol. The largest absolute Gasteiger partial charge is 0.313 e. The SMILES string of the molecule is C=CC(=O)C1CCCCN1CC1CCCCN1. The first kappa shape index (κ1) is 12.8. The average molecular weight is 236 g/mol. The van der Waals surface area contributed by atoms with Gasteiger partial charge >= 0.3 is 0 Å². The van der Waals surface area contributed by atoms with E-state index in [1.165, 1.54) is 38.2 Å². The quantitative estimate of drug-likeness (QED) is 0.755. The number of carbonyl (C=O) groups is 1. The van der Waals surface area contributed by atoms with Crippen LogP contribution >= 0.6 is 0 Å². The Hall–Kier alpha value is -0.670. The Labute approximate surface area is 104 Å². The van der Waals surface area contributed by atoms with Gasteiger partial charge in [0, 0.05) is 12.6 Å². The number of ketones is 1. The summed E-state index contributed by atoms with van der Waals surface area (Å²) < 4.78 is 0. The number of hydrogen-bond acceptors (Lipinski definition) is 3. The van der Waals surface area contributed by atoms with Crippen molar-refractivity contribution >= 4 is 5.78 Å². The van der Waals surface area contributed by atoms with Gasteiger partial charge in [0.05, 0.1) is 6.04 Å². The Morgan fingerprint density at radius 2 is 2.12 bits per heavy atom. The Morgan fingerprint density at radius 1 is 1.29 bits per heavy atom. The second kappa shape index (κ2) is 6.31. The standard InChI is InChI=1S/C14H24N2O/c1-2-14(17)13-8-4-6-10-16(13)11-12-7-3-5-9-15-12/h2,12-13,15H,1,3-11H2. The Morgan fingerprint density at radius 3 is 2.82 bits per heavy atom. The number of rotatable bonds is 4. The zero-order chi connectivity index (χ0) is 12.1. The summed E-state index contributed by atoms with van der Waals surface area (Å²) in [5, 5.41) is 3.57. The third-order valence-electron chi connectivity index (χ3n) is 4.01. The first-order chi connectivity index (χ1) is 8.31. The van der Waals surface area contributed by atoms with E-state index >= 15 is 0 Å². The van der Waals surface area contributed by atoms with Crippen molar-refractivity contribution in [2.45, 2.75) is 50.6 Å². The molecule has 2 atom stereocenters. The fraction of sp³-hybridized carbons (Fsp3) is 0.786. The lowest BCUT2D eigenvalue weighted by Crippen LogP contribution is -2.51. The highest BCUT2D eigenvalue weighted by molar-refractivity contribution is 5.93. The van der Waals surface area contributed by atoms with E-state index in [9.17, 15) is 4.79 Å². The summed E-state index contributed by atoms with van der Waals surface area (Å²) >= 11 is 0. The molecular formula is C14H24N2O. The van der Waals surface area contributed by atoms with Gasteiger partial charge in [-0.3, -0.25) is 9.69 Å². The minimum Gasteiger partial charge on any atom is -0.313 e. The lowest BCUT2D eigenvalue weighted by Gasteiger charge is -2.37. The first-order valence-electron chi connectivity index (χ1n) is 6.95. The summed E-state index contributed by atoms with van der Waals surface area (Å²) in [5.41, 5.74) is 0. The third-order valence-corrected chi connectivity index (χ3v) is 4.01. The van der Waals surface area contributed by atoms with Crippen LogP contribution < -0.4 is 5.32 Å². The van der Waals surface area contributed by atoms with Gasteiger partial charge in [0.1, 0.15) is 0 Å². The highest BCUT2D eigenvalue weighted by atomic mass is 16.1. The molecule has 3 nitrogen and oxygen atoms in total. The highest BCUT2D eigenvalue weighted by Gasteiger charge is 2.28. The molecule has 2 aliphatic heterocycles. The molecule has 0 aromatic heterocycles. The van der Waals surface area contributed by atoms with Crippen molar-refractivity contribution in [3.05, 3.63) is 12.7 Å². The van der Waals surface area contributed by atoms with Gasteiger partial charge < -0.3 is 5.32 Å². The lowest BCUT2D eigenvalue weighted by atomic mass is 9.96.